The predicted molar refractivity (Wildman–Crippen MR) is 40.6 cm³/mol. The second kappa shape index (κ2) is 2.38. The van der Waals surface area contributed by atoms with Gasteiger partial charge in [-0.2, -0.15) is 0 Å². The Bertz CT molecular complexity index is 293. The topological polar surface area (TPSA) is 29.1 Å². The van der Waals surface area contributed by atoms with Crippen LogP contribution in [0.5, 0.6) is 0 Å². The third kappa shape index (κ3) is 1.11. The highest BCUT2D eigenvalue weighted by Gasteiger charge is 2.13. The van der Waals surface area contributed by atoms with Gasteiger partial charge in [0.2, 0.25) is 5.91 Å². The Morgan fingerprint density at radius 1 is 1.36 bits per heavy atom. The molecule has 2 radical (unpaired) electrons. The van der Waals surface area contributed by atoms with Gasteiger partial charge in [-0.25, -0.2) is 0 Å². The molecule has 1 aliphatic rings. The number of fused-ring (bicyclic) bond motifs is 1. The van der Waals surface area contributed by atoms with Gasteiger partial charge in [-0.1, -0.05) is 24.3 Å². The van der Waals surface area contributed by atoms with Crippen LogP contribution in [0.15, 0.2) is 24.3 Å². The normalized spacial score (nSPS) is 15.5. The van der Waals surface area contributed by atoms with Gasteiger partial charge < -0.3 is 5.32 Å². The molecule has 0 unspecified atom stereocenters. The quantitative estimate of drug-likeness (QED) is 0.573. The number of rotatable bonds is 0. The first-order valence-electron chi connectivity index (χ1n) is 3.49. The van der Waals surface area contributed by atoms with Crippen molar-refractivity contribution in [1.82, 2.24) is 5.32 Å². The van der Waals surface area contributed by atoms with E-state index in [-0.39, 0.29) is 5.91 Å². The zero-order chi connectivity index (χ0) is 7.68. The van der Waals surface area contributed by atoms with E-state index < -0.39 is 0 Å². The van der Waals surface area contributed by atoms with E-state index in [0.717, 1.165) is 11.1 Å². The van der Waals surface area contributed by atoms with E-state index in [4.69, 9.17) is 0 Å². The van der Waals surface area contributed by atoms with Crippen molar-refractivity contribution >= 4 is 5.91 Å². The maximum Gasteiger partial charge on any atom is 0.233 e. The van der Waals surface area contributed by atoms with Crippen LogP contribution in [0.3, 0.4) is 0 Å². The molecule has 0 spiro atoms. The summed E-state index contributed by atoms with van der Waals surface area (Å²) in [5, 5.41) is 2.69. The molecule has 54 valence electrons. The summed E-state index contributed by atoms with van der Waals surface area (Å²) in [7, 11) is 0. The van der Waals surface area contributed by atoms with Gasteiger partial charge in [0.1, 0.15) is 6.42 Å². The number of hydrogen-bond donors (Lipinski definition) is 1. The number of nitrogens with one attached hydrogen (secondary N) is 1. The van der Waals surface area contributed by atoms with Crippen LogP contribution >= 0.6 is 0 Å². The first kappa shape index (κ1) is 6.40. The molecule has 0 atom stereocenters. The van der Waals surface area contributed by atoms with E-state index in [1.165, 1.54) is 0 Å². The molecule has 1 aromatic rings. The average molecular weight is 145 g/mol. The third-order valence-corrected chi connectivity index (χ3v) is 1.70. The molecule has 1 amide bonds. The number of carbonyl (C=O) groups excluding carboxylic acids is 1. The van der Waals surface area contributed by atoms with Crippen LogP contribution in [0.2, 0.25) is 0 Å². The van der Waals surface area contributed by atoms with Crippen LogP contribution in [0.1, 0.15) is 11.1 Å². The smallest absolute Gasteiger partial charge is 0.233 e. The molecule has 1 aliphatic heterocycles. The van der Waals surface area contributed by atoms with Crippen LogP contribution in [0.4, 0.5) is 0 Å². The van der Waals surface area contributed by atoms with Crippen LogP contribution in [-0.4, -0.2) is 5.91 Å². The number of benzene rings is 1. The zero-order valence-corrected chi connectivity index (χ0v) is 5.92. The minimum absolute atomic E-state index is 0.122. The molecule has 0 saturated heterocycles. The van der Waals surface area contributed by atoms with E-state index >= 15 is 0 Å². The van der Waals surface area contributed by atoms with E-state index in [2.05, 4.69) is 11.7 Å². The standard InChI is InChI=1S/C9H7NO/c11-9-5-7-3-1-2-4-8(7)6-10-9/h1-4H,6H2,(H,10,11). The maximum atomic E-state index is 10.8. The SMILES string of the molecule is O=C1[C]c2ccccc2CN1. The lowest BCUT2D eigenvalue weighted by atomic mass is 10.0. The molecular formula is C9H7NO. The van der Waals surface area contributed by atoms with Crippen molar-refractivity contribution in [3.05, 3.63) is 41.8 Å². The summed E-state index contributed by atoms with van der Waals surface area (Å²) >= 11 is 0. The monoisotopic (exact) mass is 145 g/mol. The van der Waals surface area contributed by atoms with E-state index in [1.54, 1.807) is 0 Å². The van der Waals surface area contributed by atoms with Gasteiger partial charge in [0.05, 0.1) is 0 Å². The molecule has 0 aromatic heterocycles. The lowest BCUT2D eigenvalue weighted by molar-refractivity contribution is -0.118. The van der Waals surface area contributed by atoms with E-state index in [9.17, 15) is 4.79 Å². The third-order valence-electron chi connectivity index (χ3n) is 1.70. The van der Waals surface area contributed by atoms with Crippen molar-refractivity contribution in [3.63, 3.8) is 0 Å². The van der Waals surface area contributed by atoms with Crippen molar-refractivity contribution in [1.29, 1.82) is 0 Å². The number of carbonyl (C=O) groups is 1. The van der Waals surface area contributed by atoms with Crippen molar-refractivity contribution in [2.45, 2.75) is 6.54 Å². The summed E-state index contributed by atoms with van der Waals surface area (Å²) in [4.78, 5) is 10.8. The second-order valence-electron chi connectivity index (χ2n) is 2.46. The predicted octanol–water partition coefficient (Wildman–Crippen LogP) is 0.746. The average Bonchev–Trinajstić information content (AvgIpc) is 2.04. The van der Waals surface area contributed by atoms with Gasteiger partial charge in [-0.05, 0) is 11.1 Å². The molecule has 11 heavy (non-hydrogen) atoms. The molecule has 2 rings (SSSR count). The minimum Gasteiger partial charge on any atom is -0.351 e. The van der Waals surface area contributed by atoms with Gasteiger partial charge in [0.25, 0.3) is 0 Å². The van der Waals surface area contributed by atoms with Crippen LogP contribution in [-0.2, 0) is 11.3 Å². The summed E-state index contributed by atoms with van der Waals surface area (Å²) < 4.78 is 0. The summed E-state index contributed by atoms with van der Waals surface area (Å²) in [6.45, 7) is 0.627. The van der Waals surface area contributed by atoms with Gasteiger partial charge in [0.15, 0.2) is 0 Å². The molecule has 1 heterocycles. The first-order chi connectivity index (χ1) is 5.36. The fourth-order valence-corrected chi connectivity index (χ4v) is 1.14. The summed E-state index contributed by atoms with van der Waals surface area (Å²) in [5.41, 5.74) is 2.04. The fourth-order valence-electron chi connectivity index (χ4n) is 1.14. The van der Waals surface area contributed by atoms with E-state index in [1.807, 2.05) is 24.3 Å². The van der Waals surface area contributed by atoms with Gasteiger partial charge in [-0.3, -0.25) is 4.79 Å². The molecule has 0 saturated carbocycles. The van der Waals surface area contributed by atoms with Crippen molar-refractivity contribution in [2.24, 2.45) is 0 Å². The molecule has 1 aromatic carbocycles. The molecule has 1 N–H and O–H groups in total. The molecule has 2 nitrogen and oxygen atoms in total. The summed E-state index contributed by atoms with van der Waals surface area (Å²) in [6.07, 6.45) is 2.71. The van der Waals surface area contributed by atoms with Gasteiger partial charge in [-0.15, -0.1) is 0 Å². The van der Waals surface area contributed by atoms with Gasteiger partial charge >= 0.3 is 0 Å². The zero-order valence-electron chi connectivity index (χ0n) is 5.92. The molecule has 2 heteroatoms. The Hall–Kier alpha value is -1.31. The lowest BCUT2D eigenvalue weighted by Crippen LogP contribution is -2.28. The van der Waals surface area contributed by atoms with Crippen LogP contribution in [0.25, 0.3) is 0 Å². The number of hydrogen-bond acceptors (Lipinski definition) is 1. The fraction of sp³-hybridized carbons (Fsp3) is 0.111. The van der Waals surface area contributed by atoms with Crippen molar-refractivity contribution < 1.29 is 4.79 Å². The summed E-state index contributed by atoms with van der Waals surface area (Å²) in [5.74, 6) is -0.122. The Balaban J connectivity index is 2.41. The lowest BCUT2D eigenvalue weighted by Gasteiger charge is -2.14. The largest absolute Gasteiger partial charge is 0.351 e. The Kier molecular flexibility index (Phi) is 1.39. The molecule has 0 aliphatic carbocycles. The Morgan fingerprint density at radius 2 is 2.18 bits per heavy atom. The molecule has 0 bridgehead atoms. The van der Waals surface area contributed by atoms with E-state index in [0.29, 0.717) is 6.54 Å². The minimum atomic E-state index is -0.122. The number of amides is 1. The highest BCUT2D eigenvalue weighted by atomic mass is 16.1. The van der Waals surface area contributed by atoms with Crippen molar-refractivity contribution in [3.8, 4) is 0 Å². The Labute approximate surface area is 65.2 Å². The summed E-state index contributed by atoms with van der Waals surface area (Å²) in [6, 6.07) is 7.75. The molecular weight excluding hydrogens is 138 g/mol. The van der Waals surface area contributed by atoms with Crippen LogP contribution < -0.4 is 5.32 Å². The first-order valence-corrected chi connectivity index (χ1v) is 3.49. The highest BCUT2D eigenvalue weighted by molar-refractivity contribution is 5.90. The second-order valence-corrected chi connectivity index (χ2v) is 2.46. The van der Waals surface area contributed by atoms with Gasteiger partial charge in [0, 0.05) is 6.54 Å². The van der Waals surface area contributed by atoms with Crippen molar-refractivity contribution in [2.75, 3.05) is 0 Å². The Morgan fingerprint density at radius 3 is 3.09 bits per heavy atom. The van der Waals surface area contributed by atoms with Crippen LogP contribution in [0, 0.1) is 6.42 Å². The highest BCUT2D eigenvalue weighted by Crippen LogP contribution is 2.14. The maximum absolute atomic E-state index is 10.8. The molecule has 0 fully saturated rings.